The zero-order chi connectivity index (χ0) is 14.8. The number of aromatic nitrogens is 1. The molecule has 0 spiro atoms. The summed E-state index contributed by atoms with van der Waals surface area (Å²) in [5.74, 6) is -0.849. The molecule has 0 aliphatic carbocycles. The minimum Gasteiger partial charge on any atom is -0.478 e. The van der Waals surface area contributed by atoms with Gasteiger partial charge in [0.1, 0.15) is 0 Å². The smallest absolute Gasteiger partial charge is 0.336 e. The van der Waals surface area contributed by atoms with E-state index in [1.807, 2.05) is 12.1 Å². The predicted molar refractivity (Wildman–Crippen MR) is 83.7 cm³/mol. The van der Waals surface area contributed by atoms with Crippen molar-refractivity contribution >= 4 is 16.9 Å². The molecule has 0 amide bonds. The van der Waals surface area contributed by atoms with Crippen LogP contribution in [0.25, 0.3) is 10.9 Å². The van der Waals surface area contributed by atoms with Crippen molar-refractivity contribution in [1.29, 1.82) is 0 Å². The fourth-order valence-electron chi connectivity index (χ4n) is 3.38. The van der Waals surface area contributed by atoms with Crippen LogP contribution in [0.2, 0.25) is 0 Å². The first-order valence-electron chi connectivity index (χ1n) is 7.77. The second-order valence-corrected chi connectivity index (χ2v) is 5.76. The number of fused-ring (bicyclic) bond motifs is 1. The Bertz CT molecular complexity index is 654. The first-order valence-corrected chi connectivity index (χ1v) is 7.77. The van der Waals surface area contributed by atoms with Gasteiger partial charge in [0.15, 0.2) is 0 Å². The van der Waals surface area contributed by atoms with Gasteiger partial charge in [0, 0.05) is 29.7 Å². The highest BCUT2D eigenvalue weighted by Crippen LogP contribution is 2.25. The molecule has 1 saturated heterocycles. The monoisotopic (exact) mass is 286 g/mol. The predicted octanol–water partition coefficient (Wildman–Crippen LogP) is 3.35. The molecule has 0 atom stereocenters. The topological polar surface area (TPSA) is 45.5 Å². The van der Waals surface area contributed by atoms with Crippen molar-refractivity contribution in [2.24, 2.45) is 0 Å². The van der Waals surface area contributed by atoms with E-state index in [-0.39, 0.29) is 0 Å². The first-order chi connectivity index (χ1) is 10.2. The number of nitrogens with zero attached hydrogens (tertiary/aromatic N) is 2. The Balaban J connectivity index is 2.01. The fourth-order valence-corrected chi connectivity index (χ4v) is 3.38. The summed E-state index contributed by atoms with van der Waals surface area (Å²) in [6, 6.07) is 7.61. The highest BCUT2D eigenvalue weighted by Gasteiger charge is 2.17. The standard InChI is InChI=1S/C17H22N2O2/c1-2-19-13(12-18-9-4-3-5-10-18)11-15-14(17(20)21)7-6-8-16(15)19/h6-8,11H,2-5,9-10,12H2,1H3,(H,20,21). The molecule has 4 heteroatoms. The van der Waals surface area contributed by atoms with Crippen molar-refractivity contribution in [2.45, 2.75) is 39.3 Å². The second kappa shape index (κ2) is 5.90. The van der Waals surface area contributed by atoms with E-state index >= 15 is 0 Å². The number of aryl methyl sites for hydroxylation is 1. The van der Waals surface area contributed by atoms with Gasteiger partial charge in [0.2, 0.25) is 0 Å². The zero-order valence-electron chi connectivity index (χ0n) is 12.5. The van der Waals surface area contributed by atoms with Gasteiger partial charge >= 0.3 is 5.97 Å². The molecule has 4 nitrogen and oxygen atoms in total. The molecule has 1 aliphatic heterocycles. The highest BCUT2D eigenvalue weighted by atomic mass is 16.4. The van der Waals surface area contributed by atoms with Crippen LogP contribution in [0.1, 0.15) is 42.2 Å². The average Bonchev–Trinajstić information content (AvgIpc) is 2.84. The van der Waals surface area contributed by atoms with Crippen molar-refractivity contribution in [2.75, 3.05) is 13.1 Å². The van der Waals surface area contributed by atoms with E-state index in [9.17, 15) is 9.90 Å². The third kappa shape index (κ3) is 2.68. The van der Waals surface area contributed by atoms with Crippen LogP contribution in [-0.2, 0) is 13.1 Å². The van der Waals surface area contributed by atoms with Crippen molar-refractivity contribution in [3.63, 3.8) is 0 Å². The number of carboxylic acids is 1. The van der Waals surface area contributed by atoms with Crippen molar-refractivity contribution in [3.8, 4) is 0 Å². The van der Waals surface area contributed by atoms with Crippen molar-refractivity contribution < 1.29 is 9.90 Å². The first kappa shape index (κ1) is 14.1. The Kier molecular flexibility index (Phi) is 3.97. The lowest BCUT2D eigenvalue weighted by atomic mass is 10.1. The van der Waals surface area contributed by atoms with Gasteiger partial charge in [-0.3, -0.25) is 4.90 Å². The Morgan fingerprint density at radius 2 is 2.00 bits per heavy atom. The summed E-state index contributed by atoms with van der Waals surface area (Å²) in [4.78, 5) is 13.9. The van der Waals surface area contributed by atoms with Gasteiger partial charge in [-0.1, -0.05) is 12.5 Å². The number of rotatable bonds is 4. The second-order valence-electron chi connectivity index (χ2n) is 5.76. The molecule has 0 radical (unpaired) electrons. The van der Waals surface area contributed by atoms with Gasteiger partial charge < -0.3 is 9.67 Å². The van der Waals surface area contributed by atoms with Crippen LogP contribution in [0.5, 0.6) is 0 Å². The van der Waals surface area contributed by atoms with E-state index in [4.69, 9.17) is 0 Å². The molecule has 1 N–H and O–H groups in total. The molecular weight excluding hydrogens is 264 g/mol. The summed E-state index contributed by atoms with van der Waals surface area (Å²) in [7, 11) is 0. The van der Waals surface area contributed by atoms with Gasteiger partial charge in [-0.05, 0) is 51.1 Å². The van der Waals surface area contributed by atoms with Gasteiger partial charge in [-0.15, -0.1) is 0 Å². The molecule has 1 aliphatic rings. The van der Waals surface area contributed by atoms with Gasteiger partial charge in [0.05, 0.1) is 5.56 Å². The van der Waals surface area contributed by atoms with Crippen LogP contribution in [0.4, 0.5) is 0 Å². The van der Waals surface area contributed by atoms with E-state index in [1.54, 1.807) is 6.07 Å². The van der Waals surface area contributed by atoms with Crippen LogP contribution < -0.4 is 0 Å². The summed E-state index contributed by atoms with van der Waals surface area (Å²) in [6.45, 7) is 6.21. The maximum Gasteiger partial charge on any atom is 0.336 e. The summed E-state index contributed by atoms with van der Waals surface area (Å²) in [5, 5.41) is 10.2. The number of piperidine rings is 1. The normalized spacial score (nSPS) is 16.4. The lowest BCUT2D eigenvalue weighted by Crippen LogP contribution is -2.29. The molecule has 1 aromatic heterocycles. The molecule has 21 heavy (non-hydrogen) atoms. The molecule has 1 aromatic carbocycles. The molecule has 0 unspecified atom stereocenters. The minimum absolute atomic E-state index is 0.402. The molecule has 0 bridgehead atoms. The number of carbonyl (C=O) groups is 1. The van der Waals surface area contributed by atoms with Crippen LogP contribution in [0, 0.1) is 0 Å². The maximum atomic E-state index is 11.4. The van der Waals surface area contributed by atoms with E-state index in [2.05, 4.69) is 22.5 Å². The maximum absolute atomic E-state index is 11.4. The SMILES string of the molecule is CCn1c(CN2CCCCC2)cc2c(C(=O)O)cccc21. The van der Waals surface area contributed by atoms with Crippen LogP contribution in [0.15, 0.2) is 24.3 Å². The third-order valence-electron chi connectivity index (χ3n) is 4.41. The average molecular weight is 286 g/mol. The Labute approximate surface area is 125 Å². The number of aromatic carboxylic acids is 1. The van der Waals surface area contributed by atoms with E-state index in [0.29, 0.717) is 5.56 Å². The number of carboxylic acid groups (broad SMARTS) is 1. The van der Waals surface area contributed by atoms with E-state index in [1.165, 1.54) is 25.0 Å². The molecule has 3 rings (SSSR count). The van der Waals surface area contributed by atoms with Crippen LogP contribution >= 0.6 is 0 Å². The number of hydrogen-bond donors (Lipinski definition) is 1. The van der Waals surface area contributed by atoms with Gasteiger partial charge in [0.25, 0.3) is 0 Å². The third-order valence-corrected chi connectivity index (χ3v) is 4.41. The Hall–Kier alpha value is -1.81. The quantitative estimate of drug-likeness (QED) is 0.937. The Morgan fingerprint density at radius 3 is 2.67 bits per heavy atom. The van der Waals surface area contributed by atoms with Crippen molar-refractivity contribution in [3.05, 3.63) is 35.5 Å². The lowest BCUT2D eigenvalue weighted by molar-refractivity contribution is 0.0699. The largest absolute Gasteiger partial charge is 0.478 e. The molecule has 2 aromatic rings. The molecule has 112 valence electrons. The number of likely N-dealkylation sites (tertiary alicyclic amines) is 1. The van der Waals surface area contributed by atoms with E-state index in [0.717, 1.165) is 37.1 Å². The molecule has 2 heterocycles. The minimum atomic E-state index is -0.849. The zero-order valence-corrected chi connectivity index (χ0v) is 12.5. The molecule has 1 fully saturated rings. The molecular formula is C17H22N2O2. The van der Waals surface area contributed by atoms with E-state index < -0.39 is 5.97 Å². The number of hydrogen-bond acceptors (Lipinski definition) is 2. The van der Waals surface area contributed by atoms with Gasteiger partial charge in [-0.25, -0.2) is 4.79 Å². The summed E-state index contributed by atoms with van der Waals surface area (Å²) < 4.78 is 2.25. The Morgan fingerprint density at radius 1 is 1.24 bits per heavy atom. The lowest BCUT2D eigenvalue weighted by Gasteiger charge is -2.26. The highest BCUT2D eigenvalue weighted by molar-refractivity contribution is 6.03. The summed E-state index contributed by atoms with van der Waals surface area (Å²) in [6.07, 6.45) is 3.87. The summed E-state index contributed by atoms with van der Waals surface area (Å²) >= 11 is 0. The van der Waals surface area contributed by atoms with Crippen molar-refractivity contribution in [1.82, 2.24) is 9.47 Å². The summed E-state index contributed by atoms with van der Waals surface area (Å²) in [5.41, 5.74) is 2.66. The fraction of sp³-hybridized carbons (Fsp3) is 0.471. The van der Waals surface area contributed by atoms with Gasteiger partial charge in [-0.2, -0.15) is 0 Å². The molecule has 0 saturated carbocycles. The van der Waals surface area contributed by atoms with Crippen LogP contribution in [0.3, 0.4) is 0 Å². The van der Waals surface area contributed by atoms with Crippen LogP contribution in [-0.4, -0.2) is 33.6 Å². The number of benzene rings is 1.